The van der Waals surface area contributed by atoms with Crippen LogP contribution in [0.15, 0.2) is 30.3 Å². The molecule has 146 valence electrons. The number of carbonyl (C=O) groups excluding carboxylic acids is 1. The summed E-state index contributed by atoms with van der Waals surface area (Å²) in [6.07, 6.45) is 0.290. The lowest BCUT2D eigenvalue weighted by Gasteiger charge is -2.24. The molecule has 0 unspecified atom stereocenters. The Morgan fingerprint density at radius 3 is 2.48 bits per heavy atom. The molecule has 0 fully saturated rings. The van der Waals surface area contributed by atoms with Crippen LogP contribution in [0.25, 0.3) is 0 Å². The van der Waals surface area contributed by atoms with Gasteiger partial charge in [-0.15, -0.1) is 0 Å². The average Bonchev–Trinajstić information content (AvgIpc) is 2.58. The van der Waals surface area contributed by atoms with Gasteiger partial charge in [-0.1, -0.05) is 0 Å². The van der Waals surface area contributed by atoms with Crippen LogP contribution in [-0.2, 0) is 4.84 Å². The van der Waals surface area contributed by atoms with Crippen molar-refractivity contribution < 1.29 is 23.5 Å². The quantitative estimate of drug-likeness (QED) is 0.397. The number of hydroxylamine groups is 1. The highest BCUT2D eigenvalue weighted by atomic mass is 127. The highest BCUT2D eigenvalue weighted by Crippen LogP contribution is 2.27. The minimum absolute atomic E-state index is 0.105. The molecule has 0 aliphatic rings. The third kappa shape index (κ3) is 5.85. The van der Waals surface area contributed by atoms with Crippen LogP contribution in [-0.4, -0.2) is 23.2 Å². The first-order valence-corrected chi connectivity index (χ1v) is 9.32. The zero-order chi connectivity index (χ0) is 20.2. The number of nitrogens with one attached hydrogen (secondary N) is 2. The Balaban J connectivity index is 2.30. The van der Waals surface area contributed by atoms with Crippen molar-refractivity contribution in [2.24, 2.45) is 0 Å². The van der Waals surface area contributed by atoms with Gasteiger partial charge in [0.15, 0.2) is 11.6 Å². The van der Waals surface area contributed by atoms with Crippen LogP contribution >= 0.6 is 22.6 Å². The Hall–Kier alpha value is -1.78. The number of anilines is 2. The van der Waals surface area contributed by atoms with Crippen molar-refractivity contribution in [3.8, 4) is 0 Å². The molecule has 0 atom stereocenters. The minimum atomic E-state index is -1.14. The monoisotopic (exact) mass is 490 g/mol. The molecule has 2 aromatic rings. The Morgan fingerprint density at radius 2 is 1.85 bits per heavy atom. The van der Waals surface area contributed by atoms with E-state index in [0.717, 1.165) is 21.3 Å². The lowest BCUT2D eigenvalue weighted by atomic mass is 10.1. The molecule has 0 aromatic heterocycles. The van der Waals surface area contributed by atoms with Crippen molar-refractivity contribution in [1.29, 1.82) is 0 Å². The van der Waals surface area contributed by atoms with Gasteiger partial charge in [-0.2, -0.15) is 0 Å². The van der Waals surface area contributed by atoms with Crippen molar-refractivity contribution >= 4 is 39.9 Å². The van der Waals surface area contributed by atoms with Gasteiger partial charge in [0.2, 0.25) is 0 Å². The molecule has 0 bridgehead atoms. The molecule has 0 aliphatic carbocycles. The van der Waals surface area contributed by atoms with E-state index < -0.39 is 23.1 Å². The molecule has 0 saturated carbocycles. The maximum atomic E-state index is 13.8. The molecule has 3 N–H and O–H groups in total. The van der Waals surface area contributed by atoms with Crippen molar-refractivity contribution in [3.63, 3.8) is 0 Å². The molecule has 27 heavy (non-hydrogen) atoms. The first-order valence-electron chi connectivity index (χ1n) is 8.24. The first kappa shape index (κ1) is 21.5. The predicted octanol–water partition coefficient (Wildman–Crippen LogP) is 4.44. The topological polar surface area (TPSA) is 70.6 Å². The fraction of sp³-hybridized carbons (Fsp3) is 0.316. The van der Waals surface area contributed by atoms with Crippen LogP contribution < -0.4 is 10.8 Å². The number of amides is 1. The SMILES string of the molecule is Cc1cc(I)ccc1Nc1cc(F)c(F)cc1C(=O)NOC(C)(C)CCO. The molecule has 8 heteroatoms. The molecule has 0 heterocycles. The normalized spacial score (nSPS) is 11.4. The van der Waals surface area contributed by atoms with Crippen LogP contribution in [0.1, 0.15) is 36.2 Å². The fourth-order valence-electron chi connectivity index (χ4n) is 2.31. The molecule has 0 aliphatic heterocycles. The number of halogens is 3. The summed E-state index contributed by atoms with van der Waals surface area (Å²) < 4.78 is 28.5. The van der Waals surface area contributed by atoms with Gasteiger partial charge in [0, 0.05) is 28.4 Å². The van der Waals surface area contributed by atoms with Gasteiger partial charge < -0.3 is 10.4 Å². The zero-order valence-corrected chi connectivity index (χ0v) is 17.4. The van der Waals surface area contributed by atoms with E-state index in [-0.39, 0.29) is 24.3 Å². The molecule has 1 amide bonds. The van der Waals surface area contributed by atoms with Crippen LogP contribution in [0.5, 0.6) is 0 Å². The maximum absolute atomic E-state index is 13.8. The number of aliphatic hydroxyl groups excluding tert-OH is 1. The molecule has 2 rings (SSSR count). The van der Waals surface area contributed by atoms with Gasteiger partial charge in [-0.05, 0) is 73.2 Å². The fourth-order valence-corrected chi connectivity index (χ4v) is 2.96. The summed E-state index contributed by atoms with van der Waals surface area (Å²) in [5, 5.41) is 12.0. The Morgan fingerprint density at radius 1 is 1.19 bits per heavy atom. The summed E-state index contributed by atoms with van der Waals surface area (Å²) in [6, 6.07) is 7.32. The van der Waals surface area contributed by atoms with Gasteiger partial charge in [0.05, 0.1) is 16.9 Å². The lowest BCUT2D eigenvalue weighted by Crippen LogP contribution is -2.36. The summed E-state index contributed by atoms with van der Waals surface area (Å²) in [4.78, 5) is 17.8. The Labute approximate surface area is 170 Å². The van der Waals surface area contributed by atoms with E-state index in [2.05, 4.69) is 33.4 Å². The number of carbonyl (C=O) groups is 1. The van der Waals surface area contributed by atoms with Crippen molar-refractivity contribution in [2.75, 3.05) is 11.9 Å². The standard InChI is InChI=1S/C19H21F2IN2O3/c1-11-8-12(22)4-5-16(11)23-17-10-15(21)14(20)9-13(17)18(26)24-27-19(2,3)6-7-25/h4-5,8-10,23,25H,6-7H2,1-3H3,(H,24,26). The summed E-state index contributed by atoms with van der Waals surface area (Å²) in [6.45, 7) is 5.11. The number of benzene rings is 2. The Bertz CT molecular complexity index is 844. The second kappa shape index (κ2) is 8.94. The minimum Gasteiger partial charge on any atom is -0.396 e. The molecule has 0 saturated heterocycles. The molecule has 5 nitrogen and oxygen atoms in total. The molecular formula is C19H21F2IN2O3. The van der Waals surface area contributed by atoms with E-state index in [9.17, 15) is 13.6 Å². The Kier molecular flexibility index (Phi) is 7.12. The van der Waals surface area contributed by atoms with E-state index >= 15 is 0 Å². The lowest BCUT2D eigenvalue weighted by molar-refractivity contribution is -0.0805. The predicted molar refractivity (Wildman–Crippen MR) is 108 cm³/mol. The number of hydrogen-bond acceptors (Lipinski definition) is 4. The number of aliphatic hydroxyl groups is 1. The maximum Gasteiger partial charge on any atom is 0.277 e. The molecule has 0 radical (unpaired) electrons. The van der Waals surface area contributed by atoms with Gasteiger partial charge in [0.25, 0.3) is 5.91 Å². The van der Waals surface area contributed by atoms with Crippen LogP contribution in [0, 0.1) is 22.1 Å². The van der Waals surface area contributed by atoms with Crippen molar-refractivity contribution in [3.05, 3.63) is 56.7 Å². The van der Waals surface area contributed by atoms with E-state index in [4.69, 9.17) is 9.94 Å². The van der Waals surface area contributed by atoms with Gasteiger partial charge in [-0.25, -0.2) is 14.3 Å². The summed E-state index contributed by atoms with van der Waals surface area (Å²) in [5.74, 6) is -2.94. The van der Waals surface area contributed by atoms with Crippen LogP contribution in [0.3, 0.4) is 0 Å². The third-order valence-corrected chi connectivity index (χ3v) is 4.57. The number of rotatable bonds is 7. The van der Waals surface area contributed by atoms with Gasteiger partial charge in [0.1, 0.15) is 0 Å². The zero-order valence-electron chi connectivity index (χ0n) is 15.2. The average molecular weight is 490 g/mol. The molecule has 0 spiro atoms. The van der Waals surface area contributed by atoms with Gasteiger partial charge >= 0.3 is 0 Å². The van der Waals surface area contributed by atoms with E-state index in [1.54, 1.807) is 19.9 Å². The summed E-state index contributed by atoms with van der Waals surface area (Å²) >= 11 is 2.17. The number of aryl methyl sites for hydroxylation is 1. The molecular weight excluding hydrogens is 469 g/mol. The van der Waals surface area contributed by atoms with Gasteiger partial charge in [-0.3, -0.25) is 9.63 Å². The van der Waals surface area contributed by atoms with Crippen LogP contribution in [0.2, 0.25) is 0 Å². The van der Waals surface area contributed by atoms with E-state index in [1.807, 2.05) is 19.1 Å². The van der Waals surface area contributed by atoms with Crippen LogP contribution in [0.4, 0.5) is 20.2 Å². The highest BCUT2D eigenvalue weighted by Gasteiger charge is 2.22. The largest absolute Gasteiger partial charge is 0.396 e. The summed E-state index contributed by atoms with van der Waals surface area (Å²) in [7, 11) is 0. The first-order chi connectivity index (χ1) is 12.6. The molecule has 2 aromatic carbocycles. The van der Waals surface area contributed by atoms with E-state index in [0.29, 0.717) is 5.69 Å². The van der Waals surface area contributed by atoms with Crippen molar-refractivity contribution in [1.82, 2.24) is 5.48 Å². The summed E-state index contributed by atoms with van der Waals surface area (Å²) in [5.41, 5.74) is 2.98. The van der Waals surface area contributed by atoms with E-state index in [1.165, 1.54) is 0 Å². The smallest absolute Gasteiger partial charge is 0.277 e. The third-order valence-electron chi connectivity index (χ3n) is 3.90. The second-order valence-electron chi connectivity index (χ2n) is 6.66. The second-order valence-corrected chi connectivity index (χ2v) is 7.91. The highest BCUT2D eigenvalue weighted by molar-refractivity contribution is 14.1. The number of hydrogen-bond donors (Lipinski definition) is 3. The van der Waals surface area contributed by atoms with Crippen molar-refractivity contribution in [2.45, 2.75) is 32.8 Å².